The number of hydrogen-bond donors (Lipinski definition) is 1. The van der Waals surface area contributed by atoms with E-state index in [-0.39, 0.29) is 5.91 Å². The van der Waals surface area contributed by atoms with Crippen LogP contribution in [-0.2, 0) is 4.79 Å². The highest BCUT2D eigenvalue weighted by Crippen LogP contribution is 2.24. The number of nitrogens with one attached hydrogen (secondary N) is 1. The number of halogens is 1. The molecule has 0 radical (unpaired) electrons. The zero-order valence-corrected chi connectivity index (χ0v) is 11.9. The molecular formula is C14H18ClNOS. The Kier molecular flexibility index (Phi) is 5.39. The van der Waals surface area contributed by atoms with Gasteiger partial charge < -0.3 is 5.32 Å². The Morgan fingerprint density at radius 1 is 1.39 bits per heavy atom. The summed E-state index contributed by atoms with van der Waals surface area (Å²) in [5.74, 6) is 1.28. The molecule has 1 aliphatic carbocycles. The van der Waals surface area contributed by atoms with Crippen LogP contribution >= 0.6 is 23.4 Å². The minimum absolute atomic E-state index is 0.117. The van der Waals surface area contributed by atoms with Gasteiger partial charge in [-0.2, -0.15) is 0 Å². The fourth-order valence-electron chi connectivity index (χ4n) is 2.23. The Hall–Kier alpha value is -0.670. The molecule has 1 amide bonds. The molecule has 1 fully saturated rings. The average Bonchev–Trinajstić information content (AvgIpc) is 2.87. The average molecular weight is 284 g/mol. The lowest BCUT2D eigenvalue weighted by Crippen LogP contribution is -2.29. The molecule has 0 aromatic heterocycles. The summed E-state index contributed by atoms with van der Waals surface area (Å²) in [6.45, 7) is 0.842. The van der Waals surface area contributed by atoms with Crippen LogP contribution in [0.2, 0.25) is 5.02 Å². The van der Waals surface area contributed by atoms with Crippen molar-refractivity contribution in [2.45, 2.75) is 30.6 Å². The number of amides is 1. The molecule has 1 aromatic rings. The van der Waals surface area contributed by atoms with Gasteiger partial charge in [0, 0.05) is 16.5 Å². The molecule has 98 valence electrons. The zero-order chi connectivity index (χ0) is 12.8. The van der Waals surface area contributed by atoms with E-state index in [1.807, 2.05) is 24.3 Å². The van der Waals surface area contributed by atoms with E-state index in [0.717, 1.165) is 11.4 Å². The normalized spacial score (nSPS) is 15.8. The third kappa shape index (κ3) is 4.54. The van der Waals surface area contributed by atoms with E-state index in [1.54, 1.807) is 0 Å². The molecule has 2 rings (SSSR count). The molecule has 0 bridgehead atoms. The van der Waals surface area contributed by atoms with E-state index in [9.17, 15) is 4.79 Å². The molecule has 0 atom stereocenters. The van der Waals surface area contributed by atoms with Crippen LogP contribution in [0, 0.1) is 5.92 Å². The van der Waals surface area contributed by atoms with Crippen molar-refractivity contribution in [2.24, 2.45) is 5.92 Å². The highest BCUT2D eigenvalue weighted by Gasteiger charge is 2.15. The predicted octanol–water partition coefficient (Wildman–Crippen LogP) is 3.74. The number of carbonyl (C=O) groups is 1. The summed E-state index contributed by atoms with van der Waals surface area (Å²) < 4.78 is 0. The summed E-state index contributed by atoms with van der Waals surface area (Å²) in [7, 11) is 0. The van der Waals surface area contributed by atoms with E-state index in [2.05, 4.69) is 5.32 Å². The lowest BCUT2D eigenvalue weighted by atomic mass is 10.1. The fourth-order valence-corrected chi connectivity index (χ4v) is 3.27. The second-order valence-electron chi connectivity index (χ2n) is 4.70. The molecule has 0 saturated heterocycles. The van der Waals surface area contributed by atoms with Crippen LogP contribution in [0.4, 0.5) is 0 Å². The van der Waals surface area contributed by atoms with Gasteiger partial charge in [0.25, 0.3) is 0 Å². The van der Waals surface area contributed by atoms with Gasteiger partial charge in [-0.3, -0.25) is 4.79 Å². The highest BCUT2D eigenvalue weighted by atomic mass is 35.5. The molecular weight excluding hydrogens is 266 g/mol. The van der Waals surface area contributed by atoms with Gasteiger partial charge in [-0.05, 0) is 37.0 Å². The number of carbonyl (C=O) groups excluding carboxylic acids is 1. The van der Waals surface area contributed by atoms with Crippen molar-refractivity contribution in [2.75, 3.05) is 12.3 Å². The van der Waals surface area contributed by atoms with Gasteiger partial charge >= 0.3 is 0 Å². The van der Waals surface area contributed by atoms with E-state index in [0.29, 0.717) is 16.7 Å². The van der Waals surface area contributed by atoms with Crippen LogP contribution in [0.3, 0.4) is 0 Å². The molecule has 4 heteroatoms. The fraction of sp³-hybridized carbons (Fsp3) is 0.500. The monoisotopic (exact) mass is 283 g/mol. The van der Waals surface area contributed by atoms with E-state index >= 15 is 0 Å². The van der Waals surface area contributed by atoms with Gasteiger partial charge in [-0.1, -0.05) is 30.5 Å². The van der Waals surface area contributed by atoms with Crippen LogP contribution < -0.4 is 5.32 Å². The first-order valence-corrected chi connectivity index (χ1v) is 7.75. The largest absolute Gasteiger partial charge is 0.355 e. The number of hydrogen-bond acceptors (Lipinski definition) is 2. The van der Waals surface area contributed by atoms with Crippen molar-refractivity contribution in [1.82, 2.24) is 5.32 Å². The Bertz CT molecular complexity index is 405. The molecule has 1 saturated carbocycles. The quantitative estimate of drug-likeness (QED) is 0.834. The SMILES string of the molecule is O=C(CSc1cccc(Cl)c1)NCC1CCCC1. The Morgan fingerprint density at radius 3 is 2.89 bits per heavy atom. The van der Waals surface area contributed by atoms with Crippen LogP contribution in [-0.4, -0.2) is 18.2 Å². The van der Waals surface area contributed by atoms with Crippen molar-refractivity contribution in [3.8, 4) is 0 Å². The van der Waals surface area contributed by atoms with Gasteiger partial charge in [0.2, 0.25) is 5.91 Å². The number of benzene rings is 1. The topological polar surface area (TPSA) is 29.1 Å². The van der Waals surface area contributed by atoms with E-state index in [1.165, 1.54) is 37.4 Å². The minimum atomic E-state index is 0.117. The molecule has 18 heavy (non-hydrogen) atoms. The highest BCUT2D eigenvalue weighted by molar-refractivity contribution is 8.00. The maximum Gasteiger partial charge on any atom is 0.230 e. The lowest BCUT2D eigenvalue weighted by molar-refractivity contribution is -0.118. The summed E-state index contributed by atoms with van der Waals surface area (Å²) >= 11 is 7.42. The Morgan fingerprint density at radius 2 is 2.17 bits per heavy atom. The summed E-state index contributed by atoms with van der Waals surface area (Å²) in [5, 5.41) is 3.73. The summed E-state index contributed by atoms with van der Waals surface area (Å²) in [6.07, 6.45) is 5.17. The third-order valence-electron chi connectivity index (χ3n) is 3.23. The second kappa shape index (κ2) is 7.05. The molecule has 1 N–H and O–H groups in total. The minimum Gasteiger partial charge on any atom is -0.355 e. The van der Waals surface area contributed by atoms with Crippen LogP contribution in [0.15, 0.2) is 29.2 Å². The van der Waals surface area contributed by atoms with E-state index in [4.69, 9.17) is 11.6 Å². The summed E-state index contributed by atoms with van der Waals surface area (Å²) in [4.78, 5) is 12.7. The zero-order valence-electron chi connectivity index (χ0n) is 10.3. The molecule has 0 aliphatic heterocycles. The lowest BCUT2D eigenvalue weighted by Gasteiger charge is -2.10. The van der Waals surface area contributed by atoms with Crippen LogP contribution in [0.25, 0.3) is 0 Å². The standard InChI is InChI=1S/C14H18ClNOS/c15-12-6-3-7-13(8-12)18-10-14(17)16-9-11-4-1-2-5-11/h3,6-8,11H,1-2,4-5,9-10H2,(H,16,17). The van der Waals surface area contributed by atoms with E-state index < -0.39 is 0 Å². The molecule has 0 heterocycles. The van der Waals surface area contributed by atoms with Crippen molar-refractivity contribution < 1.29 is 4.79 Å². The molecule has 1 aromatic carbocycles. The number of thioether (sulfide) groups is 1. The number of rotatable bonds is 5. The van der Waals surface area contributed by atoms with Gasteiger partial charge in [-0.15, -0.1) is 11.8 Å². The maximum atomic E-state index is 11.7. The van der Waals surface area contributed by atoms with Crippen molar-refractivity contribution in [3.63, 3.8) is 0 Å². The summed E-state index contributed by atoms with van der Waals surface area (Å²) in [5.41, 5.74) is 0. The Balaban J connectivity index is 1.68. The predicted molar refractivity (Wildman–Crippen MR) is 77.1 cm³/mol. The molecule has 0 spiro atoms. The van der Waals surface area contributed by atoms with Gasteiger partial charge in [0.1, 0.15) is 0 Å². The molecule has 1 aliphatic rings. The van der Waals surface area contributed by atoms with Crippen LogP contribution in [0.1, 0.15) is 25.7 Å². The first-order chi connectivity index (χ1) is 8.74. The van der Waals surface area contributed by atoms with Gasteiger partial charge in [-0.25, -0.2) is 0 Å². The summed E-state index contributed by atoms with van der Waals surface area (Å²) in [6, 6.07) is 7.60. The van der Waals surface area contributed by atoms with Gasteiger partial charge in [0.05, 0.1) is 5.75 Å². The first-order valence-electron chi connectivity index (χ1n) is 6.39. The van der Waals surface area contributed by atoms with Gasteiger partial charge in [0.15, 0.2) is 0 Å². The first kappa shape index (κ1) is 13.8. The third-order valence-corrected chi connectivity index (χ3v) is 4.46. The maximum absolute atomic E-state index is 11.7. The second-order valence-corrected chi connectivity index (χ2v) is 6.19. The Labute approximate surface area is 117 Å². The van der Waals surface area contributed by atoms with Crippen molar-refractivity contribution in [3.05, 3.63) is 29.3 Å². The molecule has 0 unspecified atom stereocenters. The molecule has 2 nitrogen and oxygen atoms in total. The smallest absolute Gasteiger partial charge is 0.230 e. The van der Waals surface area contributed by atoms with Crippen molar-refractivity contribution in [1.29, 1.82) is 0 Å². The van der Waals surface area contributed by atoms with Crippen molar-refractivity contribution >= 4 is 29.3 Å². The van der Waals surface area contributed by atoms with Crippen LogP contribution in [0.5, 0.6) is 0 Å².